The van der Waals surface area contributed by atoms with E-state index in [1.54, 1.807) is 0 Å². The van der Waals surface area contributed by atoms with Gasteiger partial charge in [-0.2, -0.15) is 35.1 Å². The van der Waals surface area contributed by atoms with E-state index in [0.29, 0.717) is 12.1 Å². The molecule has 0 aliphatic rings. The van der Waals surface area contributed by atoms with Gasteiger partial charge in [0, 0.05) is 11.6 Å². The SMILES string of the molecule is CC(=O)c1ccc(OCC(F)(F)C(F)(F)C(F)(F)C(F)(F)COc2ccc([N+](=O)[O-])cc2[N+](=O)[O-])cc1. The highest BCUT2D eigenvalue weighted by molar-refractivity contribution is 5.94. The van der Waals surface area contributed by atoms with Crippen molar-refractivity contribution in [2.75, 3.05) is 13.2 Å². The predicted molar refractivity (Wildman–Crippen MR) is 107 cm³/mol. The van der Waals surface area contributed by atoms with Gasteiger partial charge in [-0.15, -0.1) is 0 Å². The molecule has 202 valence electrons. The summed E-state index contributed by atoms with van der Waals surface area (Å²) < 4.78 is 121. The number of hydrogen-bond donors (Lipinski definition) is 0. The minimum atomic E-state index is -6.78. The third kappa shape index (κ3) is 5.86. The molecule has 2 rings (SSSR count). The molecule has 2 aromatic rings. The van der Waals surface area contributed by atoms with E-state index in [0.717, 1.165) is 31.2 Å². The van der Waals surface area contributed by atoms with Crippen LogP contribution in [0.5, 0.6) is 11.5 Å². The first-order valence-corrected chi connectivity index (χ1v) is 9.65. The average molecular weight is 546 g/mol. The number of nitrogens with zero attached hydrogens (tertiary/aromatic N) is 2. The summed E-state index contributed by atoms with van der Waals surface area (Å²) in [4.78, 5) is 30.3. The molecule has 37 heavy (non-hydrogen) atoms. The zero-order valence-electron chi connectivity index (χ0n) is 18.2. The quantitative estimate of drug-likeness (QED) is 0.145. The van der Waals surface area contributed by atoms with E-state index in [9.17, 15) is 60.1 Å². The molecule has 0 fully saturated rings. The summed E-state index contributed by atoms with van der Waals surface area (Å²) in [5, 5.41) is 21.6. The van der Waals surface area contributed by atoms with Crippen LogP contribution in [0.2, 0.25) is 0 Å². The molecule has 0 aliphatic carbocycles. The molecule has 0 spiro atoms. The van der Waals surface area contributed by atoms with E-state index >= 15 is 0 Å². The van der Waals surface area contributed by atoms with E-state index < -0.39 is 75.4 Å². The normalized spacial score (nSPS) is 12.7. The number of carbonyl (C=O) groups excluding carboxylic acids is 1. The number of non-ortho nitro benzene ring substituents is 1. The number of rotatable bonds is 12. The van der Waals surface area contributed by atoms with Crippen LogP contribution in [0.15, 0.2) is 42.5 Å². The lowest BCUT2D eigenvalue weighted by molar-refractivity contribution is -0.395. The Morgan fingerprint density at radius 2 is 1.27 bits per heavy atom. The van der Waals surface area contributed by atoms with Crippen molar-refractivity contribution in [1.29, 1.82) is 0 Å². The van der Waals surface area contributed by atoms with Gasteiger partial charge >= 0.3 is 29.4 Å². The second-order valence-corrected chi connectivity index (χ2v) is 7.38. The summed E-state index contributed by atoms with van der Waals surface area (Å²) in [6.45, 7) is -4.06. The predicted octanol–water partition coefficient (Wildman–Crippen LogP) is 5.70. The molecule has 0 radical (unpaired) electrons. The number of ether oxygens (including phenoxy) is 2. The van der Waals surface area contributed by atoms with Gasteiger partial charge in [-0.25, -0.2) is 0 Å². The molecule has 9 nitrogen and oxygen atoms in total. The Morgan fingerprint density at radius 1 is 0.784 bits per heavy atom. The minimum Gasteiger partial charge on any atom is -0.487 e. The van der Waals surface area contributed by atoms with Crippen LogP contribution in [0.25, 0.3) is 0 Å². The van der Waals surface area contributed by atoms with Gasteiger partial charge in [0.15, 0.2) is 24.7 Å². The first kappa shape index (κ1) is 29.2. The molecule has 0 bridgehead atoms. The molecule has 0 aromatic heterocycles. The molecule has 0 aliphatic heterocycles. The lowest BCUT2D eigenvalue weighted by Gasteiger charge is -2.36. The zero-order valence-corrected chi connectivity index (χ0v) is 18.2. The summed E-state index contributed by atoms with van der Waals surface area (Å²) >= 11 is 0. The molecule has 17 heteroatoms. The van der Waals surface area contributed by atoms with Crippen molar-refractivity contribution >= 4 is 17.2 Å². The lowest BCUT2D eigenvalue weighted by atomic mass is 9.99. The fourth-order valence-electron chi connectivity index (χ4n) is 2.65. The maximum absolute atomic E-state index is 14.1. The minimum absolute atomic E-state index is 0.0730. The van der Waals surface area contributed by atoms with Crippen LogP contribution in [0.4, 0.5) is 46.5 Å². The second-order valence-electron chi connectivity index (χ2n) is 7.38. The Labute approximate surface area is 200 Å². The van der Waals surface area contributed by atoms with Gasteiger partial charge in [-0.05, 0) is 37.3 Å². The van der Waals surface area contributed by atoms with Gasteiger partial charge in [-0.1, -0.05) is 0 Å². The summed E-state index contributed by atoms with van der Waals surface area (Å²) in [7, 11) is 0. The van der Waals surface area contributed by atoms with Crippen LogP contribution in [-0.2, 0) is 0 Å². The molecule has 0 saturated carbocycles. The van der Waals surface area contributed by atoms with Gasteiger partial charge in [0.05, 0.1) is 15.9 Å². The molecule has 0 saturated heterocycles. The second kappa shape index (κ2) is 10.1. The number of halogens is 8. The number of carbonyl (C=O) groups is 1. The topological polar surface area (TPSA) is 122 Å². The van der Waals surface area contributed by atoms with Gasteiger partial charge in [0.2, 0.25) is 0 Å². The number of ketones is 1. The Kier molecular flexibility index (Phi) is 7.99. The van der Waals surface area contributed by atoms with E-state index in [-0.39, 0.29) is 11.6 Å². The monoisotopic (exact) mass is 546 g/mol. The molecule has 0 unspecified atom stereocenters. The van der Waals surface area contributed by atoms with Crippen LogP contribution in [0, 0.1) is 20.2 Å². The number of nitro groups is 2. The maximum atomic E-state index is 14.1. The lowest BCUT2D eigenvalue weighted by Crippen LogP contribution is -2.65. The standard InChI is InChI=1S/C20H14F8N2O7/c1-11(31)12-2-5-14(6-3-12)36-9-17(21,22)19(25,26)20(27,28)18(23,24)10-37-16-7-4-13(29(32)33)8-15(16)30(34)35/h2-8H,9-10H2,1H3. The number of hydrogen-bond acceptors (Lipinski definition) is 7. The third-order valence-electron chi connectivity index (χ3n) is 4.75. The first-order valence-electron chi connectivity index (χ1n) is 9.65. The molecule has 0 atom stereocenters. The number of Topliss-reactive ketones (excluding diaryl/α,β-unsaturated/α-hetero) is 1. The molecule has 0 amide bonds. The van der Waals surface area contributed by atoms with Crippen molar-refractivity contribution in [1.82, 2.24) is 0 Å². The Morgan fingerprint density at radius 3 is 1.70 bits per heavy atom. The molecular formula is C20H14F8N2O7. The van der Waals surface area contributed by atoms with Crippen LogP contribution in [0.1, 0.15) is 17.3 Å². The maximum Gasteiger partial charge on any atom is 0.381 e. The highest BCUT2D eigenvalue weighted by Crippen LogP contribution is 2.53. The summed E-state index contributed by atoms with van der Waals surface area (Å²) in [6.07, 6.45) is 0. The van der Waals surface area contributed by atoms with Crippen LogP contribution in [0.3, 0.4) is 0 Å². The van der Waals surface area contributed by atoms with Crippen LogP contribution >= 0.6 is 0 Å². The smallest absolute Gasteiger partial charge is 0.381 e. The zero-order chi connectivity index (χ0) is 28.4. The van der Waals surface area contributed by atoms with Gasteiger partial charge < -0.3 is 9.47 Å². The summed E-state index contributed by atoms with van der Waals surface area (Å²) in [6, 6.07) is 4.93. The third-order valence-corrected chi connectivity index (χ3v) is 4.75. The van der Waals surface area contributed by atoms with Crippen molar-refractivity contribution < 1.29 is 59.2 Å². The van der Waals surface area contributed by atoms with Crippen molar-refractivity contribution in [3.05, 3.63) is 68.3 Å². The average Bonchev–Trinajstić information content (AvgIpc) is 2.81. The van der Waals surface area contributed by atoms with Gasteiger partial charge in [0.25, 0.3) is 5.69 Å². The fraction of sp³-hybridized carbons (Fsp3) is 0.350. The van der Waals surface area contributed by atoms with E-state index in [4.69, 9.17) is 0 Å². The largest absolute Gasteiger partial charge is 0.487 e. The van der Waals surface area contributed by atoms with Gasteiger partial charge in [-0.3, -0.25) is 25.0 Å². The van der Waals surface area contributed by atoms with Crippen LogP contribution < -0.4 is 9.47 Å². The summed E-state index contributed by atoms with van der Waals surface area (Å²) in [5.41, 5.74) is -2.20. The fourth-order valence-corrected chi connectivity index (χ4v) is 2.65. The van der Waals surface area contributed by atoms with Crippen LogP contribution in [-0.4, -0.2) is 52.5 Å². The van der Waals surface area contributed by atoms with E-state index in [2.05, 4.69) is 9.47 Å². The first-order chi connectivity index (χ1) is 16.8. The Bertz CT molecular complexity index is 1190. The number of alkyl halides is 8. The highest BCUT2D eigenvalue weighted by atomic mass is 19.4. The van der Waals surface area contributed by atoms with E-state index in [1.807, 2.05) is 0 Å². The molecular weight excluding hydrogens is 532 g/mol. The Hall–Kier alpha value is -4.05. The summed E-state index contributed by atoms with van der Waals surface area (Å²) in [5.74, 6) is -27.7. The number of nitro benzene ring substituents is 2. The van der Waals surface area contributed by atoms with Crippen molar-refractivity contribution in [3.63, 3.8) is 0 Å². The molecule has 0 N–H and O–H groups in total. The van der Waals surface area contributed by atoms with Crippen molar-refractivity contribution in [2.45, 2.75) is 30.6 Å². The van der Waals surface area contributed by atoms with Crippen molar-refractivity contribution in [2.24, 2.45) is 0 Å². The van der Waals surface area contributed by atoms with Gasteiger partial charge in [0.1, 0.15) is 5.75 Å². The Balaban J connectivity index is 2.23. The number of benzene rings is 2. The van der Waals surface area contributed by atoms with E-state index in [1.165, 1.54) is 0 Å². The highest BCUT2D eigenvalue weighted by Gasteiger charge is 2.81. The molecule has 2 aromatic carbocycles. The molecule has 0 heterocycles. The van der Waals surface area contributed by atoms with Crippen molar-refractivity contribution in [3.8, 4) is 11.5 Å².